The highest BCUT2D eigenvalue weighted by Gasteiger charge is 2.45. The number of hydrogen-bond donors (Lipinski definition) is 1. The van der Waals surface area contributed by atoms with Crippen molar-refractivity contribution < 1.29 is 22.0 Å². The molecule has 0 spiro atoms. The quantitative estimate of drug-likeness (QED) is 0.802. The van der Waals surface area contributed by atoms with Gasteiger partial charge in [0, 0.05) is 30.8 Å². The van der Waals surface area contributed by atoms with E-state index in [9.17, 15) is 22.0 Å². The first-order valence-electron chi connectivity index (χ1n) is 8.93. The molecule has 150 valence electrons. The molecule has 10 heteroatoms. The van der Waals surface area contributed by atoms with Crippen molar-refractivity contribution >= 4 is 5.95 Å². The van der Waals surface area contributed by atoms with Crippen molar-refractivity contribution in [2.24, 2.45) is 0 Å². The fraction of sp³-hybridized carbons (Fsp3) is 0.500. The molecule has 0 saturated carbocycles. The molecule has 2 fully saturated rings. The minimum absolute atomic E-state index is 0.0663. The summed E-state index contributed by atoms with van der Waals surface area (Å²) in [7, 11) is 0. The lowest BCUT2D eigenvalue weighted by atomic mass is 10.0. The standard InChI is InChI=1S/C18H18F5N5/c19-17(20)9-28(10-17)16-26-14(7-15(27-16)11-1-3-24-8-11)6-13-5-12(2-4-25-13)18(21,22)23/h2,4-5,7,11,24H,1,3,6,8-10H2. The first kappa shape index (κ1) is 19.0. The molecular formula is C18H18F5N5. The zero-order valence-corrected chi connectivity index (χ0v) is 14.8. The third-order valence-corrected chi connectivity index (χ3v) is 4.90. The van der Waals surface area contributed by atoms with Crippen molar-refractivity contribution in [3.05, 3.63) is 47.0 Å². The fourth-order valence-electron chi connectivity index (χ4n) is 3.44. The van der Waals surface area contributed by atoms with Crippen LogP contribution >= 0.6 is 0 Å². The van der Waals surface area contributed by atoms with E-state index in [1.54, 1.807) is 6.07 Å². The monoisotopic (exact) mass is 399 g/mol. The summed E-state index contributed by atoms with van der Waals surface area (Å²) in [5.41, 5.74) is 0.611. The fourth-order valence-corrected chi connectivity index (χ4v) is 3.44. The number of rotatable bonds is 4. The van der Waals surface area contributed by atoms with Crippen LogP contribution in [0.3, 0.4) is 0 Å². The van der Waals surface area contributed by atoms with Crippen LogP contribution in [0.1, 0.15) is 35.0 Å². The maximum atomic E-state index is 13.3. The molecule has 0 bridgehead atoms. The van der Waals surface area contributed by atoms with Gasteiger partial charge in [-0.15, -0.1) is 0 Å². The molecule has 4 heterocycles. The molecular weight excluding hydrogens is 381 g/mol. The molecule has 2 aromatic heterocycles. The van der Waals surface area contributed by atoms with Crippen molar-refractivity contribution in [3.63, 3.8) is 0 Å². The summed E-state index contributed by atoms with van der Waals surface area (Å²) in [5, 5.41) is 3.22. The Morgan fingerprint density at radius 2 is 1.93 bits per heavy atom. The van der Waals surface area contributed by atoms with E-state index >= 15 is 0 Å². The molecule has 0 amide bonds. The van der Waals surface area contributed by atoms with Crippen LogP contribution in [0.5, 0.6) is 0 Å². The van der Waals surface area contributed by atoms with Crippen LogP contribution in [0.4, 0.5) is 27.9 Å². The lowest BCUT2D eigenvalue weighted by Gasteiger charge is -2.39. The van der Waals surface area contributed by atoms with Crippen molar-refractivity contribution in [1.29, 1.82) is 0 Å². The summed E-state index contributed by atoms with van der Waals surface area (Å²) in [5.74, 6) is -2.45. The first-order valence-corrected chi connectivity index (χ1v) is 8.93. The largest absolute Gasteiger partial charge is 0.416 e. The lowest BCUT2D eigenvalue weighted by molar-refractivity contribution is -0.137. The number of aromatic nitrogens is 3. The van der Waals surface area contributed by atoms with E-state index in [1.165, 1.54) is 4.90 Å². The third kappa shape index (κ3) is 4.06. The molecule has 2 aromatic rings. The van der Waals surface area contributed by atoms with E-state index in [0.717, 1.165) is 31.3 Å². The van der Waals surface area contributed by atoms with Gasteiger partial charge >= 0.3 is 6.18 Å². The van der Waals surface area contributed by atoms with Crippen LogP contribution in [0.2, 0.25) is 0 Å². The highest BCUT2D eigenvalue weighted by molar-refractivity contribution is 5.39. The molecule has 28 heavy (non-hydrogen) atoms. The van der Waals surface area contributed by atoms with Crippen LogP contribution in [0.15, 0.2) is 24.4 Å². The highest BCUT2D eigenvalue weighted by atomic mass is 19.4. The molecule has 2 aliphatic heterocycles. The van der Waals surface area contributed by atoms with Gasteiger partial charge in [0.05, 0.1) is 30.0 Å². The van der Waals surface area contributed by atoms with Crippen LogP contribution in [0, 0.1) is 0 Å². The van der Waals surface area contributed by atoms with Crippen molar-refractivity contribution in [3.8, 4) is 0 Å². The summed E-state index contributed by atoms with van der Waals surface area (Å²) in [6.45, 7) is 0.630. The Morgan fingerprint density at radius 1 is 1.14 bits per heavy atom. The van der Waals surface area contributed by atoms with Crippen molar-refractivity contribution in [2.45, 2.75) is 30.9 Å². The van der Waals surface area contributed by atoms with Gasteiger partial charge in [-0.1, -0.05) is 0 Å². The van der Waals surface area contributed by atoms with E-state index in [4.69, 9.17) is 0 Å². The average Bonchev–Trinajstić information content (AvgIpc) is 3.13. The van der Waals surface area contributed by atoms with Gasteiger partial charge in [-0.25, -0.2) is 18.7 Å². The normalized spacial score (nSPS) is 21.6. The van der Waals surface area contributed by atoms with Gasteiger partial charge in [-0.3, -0.25) is 4.98 Å². The summed E-state index contributed by atoms with van der Waals surface area (Å²) < 4.78 is 65.3. The number of nitrogens with zero attached hydrogens (tertiary/aromatic N) is 4. The van der Waals surface area contributed by atoms with Gasteiger partial charge in [-0.2, -0.15) is 13.2 Å². The SMILES string of the molecule is FC1(F)CN(c2nc(Cc3cc(C(F)(F)F)ccn3)cc(C3CCNC3)n2)C1. The smallest absolute Gasteiger partial charge is 0.329 e. The molecule has 5 nitrogen and oxygen atoms in total. The molecule has 0 radical (unpaired) electrons. The summed E-state index contributed by atoms with van der Waals surface area (Å²) in [4.78, 5) is 14.1. The van der Waals surface area contributed by atoms with E-state index in [0.29, 0.717) is 17.9 Å². The topological polar surface area (TPSA) is 53.9 Å². The van der Waals surface area contributed by atoms with Crippen LogP contribution < -0.4 is 10.2 Å². The van der Waals surface area contributed by atoms with E-state index in [2.05, 4.69) is 20.3 Å². The Kier molecular flexibility index (Phi) is 4.68. The molecule has 0 aromatic carbocycles. The lowest BCUT2D eigenvalue weighted by Crippen LogP contribution is -2.57. The number of anilines is 1. The van der Waals surface area contributed by atoms with E-state index < -0.39 is 30.8 Å². The molecule has 1 atom stereocenters. The summed E-state index contributed by atoms with van der Waals surface area (Å²) in [6.07, 6.45) is -2.43. The Morgan fingerprint density at radius 3 is 2.57 bits per heavy atom. The minimum Gasteiger partial charge on any atom is -0.329 e. The number of pyridine rings is 1. The third-order valence-electron chi connectivity index (χ3n) is 4.90. The maximum absolute atomic E-state index is 13.3. The molecule has 0 aliphatic carbocycles. The van der Waals surface area contributed by atoms with Crippen molar-refractivity contribution in [1.82, 2.24) is 20.3 Å². The van der Waals surface area contributed by atoms with Gasteiger partial charge in [0.1, 0.15) is 0 Å². The molecule has 4 rings (SSSR count). The zero-order chi connectivity index (χ0) is 19.9. The van der Waals surface area contributed by atoms with Gasteiger partial charge in [0.25, 0.3) is 5.92 Å². The Hall–Kier alpha value is -2.36. The predicted octanol–water partition coefficient (Wildman–Crippen LogP) is 3.01. The molecule has 2 aliphatic rings. The second-order valence-electron chi connectivity index (χ2n) is 7.20. The molecule has 1 unspecified atom stereocenters. The maximum Gasteiger partial charge on any atom is 0.416 e. The van der Waals surface area contributed by atoms with Gasteiger partial charge < -0.3 is 10.2 Å². The van der Waals surface area contributed by atoms with Gasteiger partial charge in [0.15, 0.2) is 0 Å². The van der Waals surface area contributed by atoms with Crippen LogP contribution in [-0.2, 0) is 12.6 Å². The number of nitrogens with one attached hydrogen (secondary N) is 1. The average molecular weight is 399 g/mol. The Bertz CT molecular complexity index is 856. The van der Waals surface area contributed by atoms with Crippen molar-refractivity contribution in [2.75, 3.05) is 31.1 Å². The second-order valence-corrected chi connectivity index (χ2v) is 7.20. The van der Waals surface area contributed by atoms with Crippen LogP contribution in [-0.4, -0.2) is 47.1 Å². The number of alkyl halides is 5. The van der Waals surface area contributed by atoms with Crippen LogP contribution in [0.25, 0.3) is 0 Å². The Balaban J connectivity index is 1.63. The first-order chi connectivity index (χ1) is 13.2. The van der Waals surface area contributed by atoms with E-state index in [1.807, 2.05) is 0 Å². The molecule has 2 saturated heterocycles. The minimum atomic E-state index is -4.46. The predicted molar refractivity (Wildman–Crippen MR) is 91.5 cm³/mol. The number of halogens is 5. The second kappa shape index (κ2) is 6.91. The highest BCUT2D eigenvalue weighted by Crippen LogP contribution is 2.32. The zero-order valence-electron chi connectivity index (χ0n) is 14.8. The van der Waals surface area contributed by atoms with Gasteiger partial charge in [0.2, 0.25) is 5.95 Å². The summed E-state index contributed by atoms with van der Waals surface area (Å²) in [6, 6.07) is 3.63. The Labute approximate surface area is 158 Å². The van der Waals surface area contributed by atoms with Gasteiger partial charge in [-0.05, 0) is 31.2 Å². The molecule has 1 N–H and O–H groups in total. The number of hydrogen-bond acceptors (Lipinski definition) is 5. The van der Waals surface area contributed by atoms with E-state index in [-0.39, 0.29) is 24.0 Å². The summed E-state index contributed by atoms with van der Waals surface area (Å²) >= 11 is 0.